The van der Waals surface area contributed by atoms with Crippen LogP contribution in [-0.2, 0) is 14.8 Å². The van der Waals surface area contributed by atoms with Gasteiger partial charge in [-0.05, 0) is 19.1 Å². The van der Waals surface area contributed by atoms with Crippen molar-refractivity contribution in [2.45, 2.75) is 11.8 Å². The summed E-state index contributed by atoms with van der Waals surface area (Å²) in [6, 6.07) is 3.78. The van der Waals surface area contributed by atoms with Gasteiger partial charge >= 0.3 is 34.0 Å². The van der Waals surface area contributed by atoms with E-state index in [2.05, 4.69) is 19.7 Å². The maximum Gasteiger partial charge on any atom is 0.437 e. The van der Waals surface area contributed by atoms with E-state index in [1.807, 2.05) is 0 Å². The summed E-state index contributed by atoms with van der Waals surface area (Å²) in [5.41, 5.74) is 5.16. The van der Waals surface area contributed by atoms with Crippen LogP contribution >= 0.6 is 0 Å². The fraction of sp³-hybridized carbons (Fsp3) is 0.267. The normalized spacial score (nSPS) is 13.5. The third-order valence-electron chi connectivity index (χ3n) is 3.75. The van der Waals surface area contributed by atoms with E-state index in [0.29, 0.717) is 0 Å². The van der Waals surface area contributed by atoms with E-state index in [1.54, 1.807) is 0 Å². The second-order valence-electron chi connectivity index (χ2n) is 5.39. The third kappa shape index (κ3) is 3.31. The second-order valence-corrected chi connectivity index (χ2v) is 7.51. The molecular formula is C15H18N5O6S+. The maximum atomic E-state index is 13.4. The van der Waals surface area contributed by atoms with Gasteiger partial charge in [-0.15, -0.1) is 4.98 Å². The Hall–Kier alpha value is -3.12. The Morgan fingerprint density at radius 2 is 1.74 bits per heavy atom. The molecule has 1 aromatic heterocycles. The van der Waals surface area contributed by atoms with E-state index in [4.69, 9.17) is 10.5 Å². The largest absolute Gasteiger partial charge is 0.467 e. The van der Waals surface area contributed by atoms with Gasteiger partial charge < -0.3 is 15.2 Å². The highest BCUT2D eigenvalue weighted by atomic mass is 32.2. The van der Waals surface area contributed by atoms with Gasteiger partial charge in [-0.2, -0.15) is 18.4 Å². The smallest absolute Gasteiger partial charge is 0.437 e. The van der Waals surface area contributed by atoms with Gasteiger partial charge in [0.15, 0.2) is 0 Å². The van der Waals surface area contributed by atoms with Crippen molar-refractivity contribution in [3.05, 3.63) is 35.7 Å². The number of primary amides is 1. The van der Waals surface area contributed by atoms with Gasteiger partial charge in [0.25, 0.3) is 0 Å². The molecule has 12 heteroatoms. The zero-order valence-corrected chi connectivity index (χ0v) is 15.8. The van der Waals surface area contributed by atoms with E-state index in [-0.39, 0.29) is 17.4 Å². The Balaban J connectivity index is 2.83. The fourth-order valence-electron chi connectivity index (χ4n) is 2.22. The summed E-state index contributed by atoms with van der Waals surface area (Å²) in [5.74, 6) is -1.26. The zero-order chi connectivity index (χ0) is 20.4. The van der Waals surface area contributed by atoms with Crippen molar-refractivity contribution in [2.24, 2.45) is 5.73 Å². The number of amides is 2. The number of carbonyl (C=O) groups excluding carboxylic acids is 2. The molecular weight excluding hydrogens is 378 g/mol. The molecule has 2 aromatic rings. The molecule has 1 unspecified atom stereocenters. The van der Waals surface area contributed by atoms with E-state index in [1.165, 1.54) is 32.2 Å². The van der Waals surface area contributed by atoms with Gasteiger partial charge in [0.1, 0.15) is 17.8 Å². The lowest BCUT2D eigenvalue weighted by Gasteiger charge is -2.26. The number of hydrogen-bond donors (Lipinski definition) is 1. The molecule has 1 heterocycles. The number of ether oxygens (including phenoxy) is 2. The monoisotopic (exact) mass is 396 g/mol. The van der Waals surface area contributed by atoms with Gasteiger partial charge in [-0.1, -0.05) is 16.0 Å². The van der Waals surface area contributed by atoms with Crippen molar-refractivity contribution in [1.29, 1.82) is 0 Å². The Morgan fingerprint density at radius 1 is 1.11 bits per heavy atom. The zero-order valence-electron chi connectivity index (χ0n) is 15.0. The average Bonchev–Trinajstić information content (AvgIpc) is 2.65. The van der Waals surface area contributed by atoms with Crippen molar-refractivity contribution < 1.29 is 27.5 Å². The quantitative estimate of drug-likeness (QED) is 0.558. The molecule has 11 nitrogen and oxygen atoms in total. The molecule has 0 aliphatic rings. The summed E-state index contributed by atoms with van der Waals surface area (Å²) in [5, 5.41) is 0. The molecule has 2 amide bonds. The van der Waals surface area contributed by atoms with E-state index in [9.17, 15) is 18.0 Å². The molecule has 144 valence electrons. The van der Waals surface area contributed by atoms with Crippen molar-refractivity contribution >= 4 is 28.0 Å². The number of sulfonamides is 1. The summed E-state index contributed by atoms with van der Waals surface area (Å²) in [4.78, 5) is 35.5. The molecule has 0 saturated carbocycles. The van der Waals surface area contributed by atoms with E-state index < -0.39 is 36.8 Å². The number of urea groups is 1. The molecule has 0 fully saturated rings. The van der Waals surface area contributed by atoms with Crippen LogP contribution in [-0.4, -0.2) is 56.6 Å². The van der Waals surface area contributed by atoms with E-state index >= 15 is 0 Å². The van der Waals surface area contributed by atoms with Crippen LogP contribution in [0, 0.1) is 6.92 Å². The van der Waals surface area contributed by atoms with Gasteiger partial charge in [0.2, 0.25) is 0 Å². The highest BCUT2D eigenvalue weighted by Gasteiger charge is 2.52. The van der Waals surface area contributed by atoms with Crippen LogP contribution in [0.25, 0.3) is 0 Å². The summed E-state index contributed by atoms with van der Waals surface area (Å²) in [6.45, 7) is 1.47. The van der Waals surface area contributed by atoms with Gasteiger partial charge in [-0.25, -0.2) is 9.59 Å². The van der Waals surface area contributed by atoms with Crippen molar-refractivity contribution in [3.63, 3.8) is 0 Å². The Labute approximate surface area is 155 Å². The lowest BCUT2D eigenvalue weighted by atomic mass is 10.2. The van der Waals surface area contributed by atoms with Gasteiger partial charge in [0.05, 0.1) is 19.8 Å². The molecule has 0 bridgehead atoms. The topological polar surface area (TPSA) is 151 Å². The highest BCUT2D eigenvalue weighted by Crippen LogP contribution is 2.30. The Kier molecular flexibility index (Phi) is 5.42. The molecule has 0 spiro atoms. The number of aryl methyl sites for hydroxylation is 1. The number of benzene rings is 1. The van der Waals surface area contributed by atoms with Crippen LogP contribution in [0.2, 0.25) is 0 Å². The van der Waals surface area contributed by atoms with Gasteiger partial charge in [0, 0.05) is 0 Å². The maximum absolute atomic E-state index is 13.4. The minimum Gasteiger partial charge on any atom is -0.467 e. The Morgan fingerprint density at radius 3 is 2.30 bits per heavy atom. The van der Waals surface area contributed by atoms with E-state index in [0.717, 1.165) is 20.2 Å². The lowest BCUT2D eigenvalue weighted by molar-refractivity contribution is 0.0596. The SMILES string of the molecule is COC(=O)c1ccccc1S(=O)(=O)[N+](C)(C(N)=O)c1nc(C)nc(OC)n1. The predicted octanol–water partition coefficient (Wildman–Crippen LogP) is 0.380. The first-order valence-electron chi connectivity index (χ1n) is 7.46. The molecule has 1 aromatic carbocycles. The van der Waals surface area contributed by atoms with Crippen molar-refractivity contribution in [1.82, 2.24) is 18.8 Å². The molecule has 1 atom stereocenters. The van der Waals surface area contributed by atoms with Crippen molar-refractivity contribution in [3.8, 4) is 6.01 Å². The standard InChI is InChI=1S/C15H17N5O6S/c1-9-17-14(19-15(18-9)26-4)20(2,13(16)22)27(23,24)11-8-6-5-7-10(11)12(21)25-3/h5-8H,1-4H3,(H-,16,22)/p+1. The van der Waals surface area contributed by atoms with Crippen LogP contribution in [0.15, 0.2) is 29.2 Å². The van der Waals surface area contributed by atoms with Crippen LogP contribution < -0.4 is 14.4 Å². The number of methoxy groups -OCH3 is 2. The lowest BCUT2D eigenvalue weighted by Crippen LogP contribution is -2.59. The minimum atomic E-state index is -4.63. The van der Waals surface area contributed by atoms with Crippen LogP contribution in [0.4, 0.5) is 10.7 Å². The average molecular weight is 396 g/mol. The summed E-state index contributed by atoms with van der Waals surface area (Å²) >= 11 is 0. The number of rotatable bonds is 5. The summed E-state index contributed by atoms with van der Waals surface area (Å²) in [7, 11) is -1.25. The van der Waals surface area contributed by atoms with Crippen molar-refractivity contribution in [2.75, 3.05) is 21.3 Å². The molecule has 0 aliphatic heterocycles. The number of carbonyl (C=O) groups is 2. The summed E-state index contributed by atoms with van der Waals surface area (Å²) in [6.07, 6.45) is 0. The summed E-state index contributed by atoms with van der Waals surface area (Å²) < 4.78 is 34.7. The number of nitrogens with zero attached hydrogens (tertiary/aromatic N) is 4. The first-order chi connectivity index (χ1) is 12.6. The molecule has 27 heavy (non-hydrogen) atoms. The van der Waals surface area contributed by atoms with Gasteiger partial charge in [-0.3, -0.25) is 0 Å². The second kappa shape index (κ2) is 7.25. The first-order valence-corrected chi connectivity index (χ1v) is 8.90. The molecule has 2 N–H and O–H groups in total. The number of hydrogen-bond acceptors (Lipinski definition) is 9. The first kappa shape index (κ1) is 20.2. The molecule has 0 aliphatic carbocycles. The number of esters is 1. The molecule has 2 rings (SSSR count). The Bertz CT molecular complexity index is 1010. The predicted molar refractivity (Wildman–Crippen MR) is 93.4 cm³/mol. The molecule has 0 saturated heterocycles. The third-order valence-corrected chi connectivity index (χ3v) is 5.97. The highest BCUT2D eigenvalue weighted by molar-refractivity contribution is 7.91. The number of aromatic nitrogens is 3. The molecule has 0 radical (unpaired) electrons. The minimum absolute atomic E-state index is 0.110. The van der Waals surface area contributed by atoms with Crippen LogP contribution in [0.3, 0.4) is 0 Å². The van der Waals surface area contributed by atoms with Crippen LogP contribution in [0.1, 0.15) is 16.2 Å². The van der Waals surface area contributed by atoms with Crippen LogP contribution in [0.5, 0.6) is 6.01 Å². The fourth-order valence-corrected chi connectivity index (χ4v) is 3.82. The number of quaternary nitrogens is 1. The number of nitrogens with two attached hydrogens (primary N) is 1.